The molecular weight excluding hydrogens is 220 g/mol. The van der Waals surface area contributed by atoms with E-state index >= 15 is 0 Å². The van der Waals surface area contributed by atoms with Crippen LogP contribution in [0, 0.1) is 5.92 Å². The van der Waals surface area contributed by atoms with Gasteiger partial charge in [0, 0.05) is 13.1 Å². The molecule has 1 aliphatic rings. The zero-order valence-corrected chi connectivity index (χ0v) is 10.8. The smallest absolute Gasteiger partial charge is 0.326 e. The number of hydrogen-bond donors (Lipinski definition) is 2. The van der Waals surface area contributed by atoms with Crippen LogP contribution in [0.4, 0.5) is 4.79 Å². The number of aliphatic carboxylic acids is 1. The molecule has 2 amide bonds. The van der Waals surface area contributed by atoms with Crippen molar-refractivity contribution in [1.82, 2.24) is 10.2 Å². The lowest BCUT2D eigenvalue weighted by Gasteiger charge is -2.27. The van der Waals surface area contributed by atoms with E-state index in [0.717, 1.165) is 25.7 Å². The Bertz CT molecular complexity index is 285. The van der Waals surface area contributed by atoms with E-state index in [2.05, 4.69) is 5.32 Å². The zero-order valence-electron chi connectivity index (χ0n) is 10.8. The minimum atomic E-state index is -0.979. The second-order valence-corrected chi connectivity index (χ2v) is 5.06. The third-order valence-corrected chi connectivity index (χ3v) is 3.40. The number of carbonyl (C=O) groups is 2. The van der Waals surface area contributed by atoms with Crippen LogP contribution in [0.2, 0.25) is 0 Å². The van der Waals surface area contributed by atoms with Crippen LogP contribution >= 0.6 is 0 Å². The number of hydrogen-bond acceptors (Lipinski definition) is 2. The highest BCUT2D eigenvalue weighted by molar-refractivity contribution is 5.82. The maximum absolute atomic E-state index is 11.9. The number of urea groups is 1. The van der Waals surface area contributed by atoms with Crippen molar-refractivity contribution in [2.24, 2.45) is 5.92 Å². The van der Waals surface area contributed by atoms with Crippen molar-refractivity contribution >= 4 is 12.0 Å². The van der Waals surface area contributed by atoms with Crippen LogP contribution in [-0.2, 0) is 4.79 Å². The predicted molar refractivity (Wildman–Crippen MR) is 64.8 cm³/mol. The quantitative estimate of drug-likeness (QED) is 0.788. The van der Waals surface area contributed by atoms with Crippen LogP contribution in [0.5, 0.6) is 0 Å². The van der Waals surface area contributed by atoms with Gasteiger partial charge in [-0.05, 0) is 18.8 Å². The summed E-state index contributed by atoms with van der Waals surface area (Å²) >= 11 is 0. The average Bonchev–Trinajstić information content (AvgIpc) is 2.76. The molecule has 0 spiro atoms. The van der Waals surface area contributed by atoms with Crippen molar-refractivity contribution in [2.45, 2.75) is 51.6 Å². The molecular formula is C12H22N2O3. The number of carbonyl (C=O) groups excluding carboxylic acids is 1. The molecule has 1 rings (SSSR count). The van der Waals surface area contributed by atoms with E-state index < -0.39 is 12.0 Å². The SMILES string of the molecule is CC(C)[C@@H](NC(=O)N(C)C1CCCC1)C(=O)O. The predicted octanol–water partition coefficient (Wildman–Crippen LogP) is 1.68. The lowest BCUT2D eigenvalue weighted by molar-refractivity contribution is -0.140. The van der Waals surface area contributed by atoms with E-state index in [1.807, 2.05) is 0 Å². The average molecular weight is 242 g/mol. The molecule has 0 heterocycles. The highest BCUT2D eigenvalue weighted by atomic mass is 16.4. The summed E-state index contributed by atoms with van der Waals surface area (Å²) in [5, 5.41) is 11.6. The van der Waals surface area contributed by atoms with Gasteiger partial charge in [0.1, 0.15) is 6.04 Å². The Morgan fingerprint density at radius 2 is 1.82 bits per heavy atom. The fourth-order valence-corrected chi connectivity index (χ4v) is 2.21. The Labute approximate surface area is 102 Å². The fraction of sp³-hybridized carbons (Fsp3) is 0.833. The van der Waals surface area contributed by atoms with Crippen molar-refractivity contribution in [3.05, 3.63) is 0 Å². The fourth-order valence-electron chi connectivity index (χ4n) is 2.21. The van der Waals surface area contributed by atoms with Gasteiger partial charge in [-0.25, -0.2) is 9.59 Å². The Morgan fingerprint density at radius 1 is 1.29 bits per heavy atom. The van der Waals surface area contributed by atoms with Crippen molar-refractivity contribution in [3.8, 4) is 0 Å². The summed E-state index contributed by atoms with van der Waals surface area (Å²) in [5.74, 6) is -1.10. The van der Waals surface area contributed by atoms with Crippen molar-refractivity contribution < 1.29 is 14.7 Å². The topological polar surface area (TPSA) is 69.6 Å². The minimum absolute atomic E-state index is 0.117. The molecule has 1 atom stereocenters. The molecule has 0 bridgehead atoms. The number of nitrogens with one attached hydrogen (secondary N) is 1. The van der Waals surface area contributed by atoms with Crippen molar-refractivity contribution in [2.75, 3.05) is 7.05 Å². The second-order valence-electron chi connectivity index (χ2n) is 5.06. The van der Waals surface area contributed by atoms with Gasteiger partial charge in [0.05, 0.1) is 0 Å². The summed E-state index contributed by atoms with van der Waals surface area (Å²) in [7, 11) is 1.74. The molecule has 0 unspecified atom stereocenters. The second kappa shape index (κ2) is 5.89. The van der Waals surface area contributed by atoms with Crippen LogP contribution in [-0.4, -0.2) is 41.1 Å². The molecule has 1 fully saturated rings. The molecule has 5 heteroatoms. The molecule has 2 N–H and O–H groups in total. The number of amides is 2. The van der Waals surface area contributed by atoms with E-state index in [9.17, 15) is 9.59 Å². The highest BCUT2D eigenvalue weighted by Crippen LogP contribution is 2.22. The van der Waals surface area contributed by atoms with Crippen molar-refractivity contribution in [1.29, 1.82) is 0 Å². The van der Waals surface area contributed by atoms with Crippen molar-refractivity contribution in [3.63, 3.8) is 0 Å². The third kappa shape index (κ3) is 3.61. The first kappa shape index (κ1) is 13.8. The summed E-state index contributed by atoms with van der Waals surface area (Å²) in [6.07, 6.45) is 4.33. The molecule has 0 aromatic rings. The van der Waals surface area contributed by atoms with Gasteiger partial charge >= 0.3 is 12.0 Å². The van der Waals surface area contributed by atoms with E-state index in [0.29, 0.717) is 0 Å². The largest absolute Gasteiger partial charge is 0.480 e. The van der Waals surface area contributed by atoms with Crippen LogP contribution < -0.4 is 5.32 Å². The van der Waals surface area contributed by atoms with Crippen LogP contribution in [0.15, 0.2) is 0 Å². The highest BCUT2D eigenvalue weighted by Gasteiger charge is 2.28. The minimum Gasteiger partial charge on any atom is -0.480 e. The Morgan fingerprint density at radius 3 is 2.24 bits per heavy atom. The van der Waals surface area contributed by atoms with Gasteiger partial charge in [-0.15, -0.1) is 0 Å². The summed E-state index contributed by atoms with van der Waals surface area (Å²) in [4.78, 5) is 24.5. The molecule has 5 nitrogen and oxygen atoms in total. The summed E-state index contributed by atoms with van der Waals surface area (Å²) in [6.45, 7) is 3.57. The van der Waals surface area contributed by atoms with Gasteiger partial charge < -0.3 is 15.3 Å². The van der Waals surface area contributed by atoms with Gasteiger partial charge in [0.25, 0.3) is 0 Å². The summed E-state index contributed by atoms with van der Waals surface area (Å²) in [6, 6.07) is -0.832. The Hall–Kier alpha value is -1.26. The van der Waals surface area contributed by atoms with E-state index in [-0.39, 0.29) is 18.0 Å². The number of nitrogens with zero attached hydrogens (tertiary/aromatic N) is 1. The molecule has 1 aliphatic carbocycles. The maximum Gasteiger partial charge on any atom is 0.326 e. The molecule has 98 valence electrons. The first-order valence-electron chi connectivity index (χ1n) is 6.19. The molecule has 0 aromatic carbocycles. The molecule has 0 aromatic heterocycles. The monoisotopic (exact) mass is 242 g/mol. The molecule has 17 heavy (non-hydrogen) atoms. The first-order valence-corrected chi connectivity index (χ1v) is 6.19. The number of carboxylic acid groups (broad SMARTS) is 1. The van der Waals surface area contributed by atoms with Gasteiger partial charge in [0.2, 0.25) is 0 Å². The zero-order chi connectivity index (χ0) is 13.0. The van der Waals surface area contributed by atoms with Gasteiger partial charge in [0.15, 0.2) is 0 Å². The van der Waals surface area contributed by atoms with E-state index in [4.69, 9.17) is 5.11 Å². The van der Waals surface area contributed by atoms with E-state index in [1.165, 1.54) is 0 Å². The van der Waals surface area contributed by atoms with Crippen LogP contribution in [0.3, 0.4) is 0 Å². The van der Waals surface area contributed by atoms with Gasteiger partial charge in [-0.2, -0.15) is 0 Å². The normalized spacial score (nSPS) is 18.1. The molecule has 1 saturated carbocycles. The Balaban J connectivity index is 2.54. The number of rotatable bonds is 4. The van der Waals surface area contributed by atoms with Crippen LogP contribution in [0.1, 0.15) is 39.5 Å². The number of carboxylic acids is 1. The van der Waals surface area contributed by atoms with E-state index in [1.54, 1.807) is 25.8 Å². The molecule has 0 saturated heterocycles. The molecule has 0 radical (unpaired) electrons. The van der Waals surface area contributed by atoms with Gasteiger partial charge in [-0.3, -0.25) is 0 Å². The maximum atomic E-state index is 11.9. The summed E-state index contributed by atoms with van der Waals surface area (Å²) in [5.41, 5.74) is 0. The van der Waals surface area contributed by atoms with Gasteiger partial charge in [-0.1, -0.05) is 26.7 Å². The Kier molecular flexibility index (Phi) is 4.78. The third-order valence-electron chi connectivity index (χ3n) is 3.40. The summed E-state index contributed by atoms with van der Waals surface area (Å²) < 4.78 is 0. The standard InChI is InChI=1S/C12H22N2O3/c1-8(2)10(11(15)16)13-12(17)14(3)9-6-4-5-7-9/h8-10H,4-7H2,1-3H3,(H,13,17)(H,15,16)/t10-/m1/s1. The molecule has 0 aliphatic heterocycles. The first-order chi connectivity index (χ1) is 7.93. The lowest BCUT2D eigenvalue weighted by Crippen LogP contribution is -2.51. The van der Waals surface area contributed by atoms with Crippen LogP contribution in [0.25, 0.3) is 0 Å². The lowest BCUT2D eigenvalue weighted by atomic mass is 10.1.